The first kappa shape index (κ1) is 16.4. The van der Waals surface area contributed by atoms with Gasteiger partial charge in [-0.05, 0) is 37.8 Å². The lowest BCUT2D eigenvalue weighted by molar-refractivity contribution is 0.0908. The molecule has 0 aromatic heterocycles. The number of benzene rings is 1. The first-order valence-corrected chi connectivity index (χ1v) is 8.53. The average molecular weight is 307 g/mol. The highest BCUT2D eigenvalue weighted by Gasteiger charge is 2.24. The highest BCUT2D eigenvalue weighted by molar-refractivity contribution is 7.98. The molecule has 0 aliphatic carbocycles. The van der Waals surface area contributed by atoms with E-state index in [0.29, 0.717) is 11.3 Å². The molecule has 0 saturated heterocycles. The summed E-state index contributed by atoms with van der Waals surface area (Å²) in [6.07, 6.45) is 1.82. The van der Waals surface area contributed by atoms with Crippen LogP contribution in [-0.2, 0) is 10.0 Å². The molecular weight excluding hydrogens is 289 g/mol. The Morgan fingerprint density at radius 3 is 2.68 bits per heavy atom. The maximum atomic E-state index is 13.1. The van der Waals surface area contributed by atoms with E-state index in [-0.39, 0.29) is 11.4 Å². The van der Waals surface area contributed by atoms with E-state index in [1.165, 1.54) is 23.9 Å². The number of halogens is 1. The van der Waals surface area contributed by atoms with Crippen molar-refractivity contribution in [2.75, 3.05) is 18.6 Å². The van der Waals surface area contributed by atoms with Crippen LogP contribution in [0, 0.1) is 12.7 Å². The number of aliphatic hydroxyl groups is 1. The number of hydrogen-bond donors (Lipinski definition) is 2. The molecule has 7 heteroatoms. The fraction of sp³-hybridized carbons (Fsp3) is 0.500. The second-order valence-corrected chi connectivity index (χ2v) is 7.27. The highest BCUT2D eigenvalue weighted by atomic mass is 32.2. The van der Waals surface area contributed by atoms with Gasteiger partial charge >= 0.3 is 0 Å². The van der Waals surface area contributed by atoms with Crippen molar-refractivity contribution in [2.24, 2.45) is 0 Å². The van der Waals surface area contributed by atoms with Gasteiger partial charge in [-0.25, -0.2) is 17.5 Å². The summed E-state index contributed by atoms with van der Waals surface area (Å²) in [6, 6.07) is 3.59. The van der Waals surface area contributed by atoms with E-state index >= 15 is 0 Å². The van der Waals surface area contributed by atoms with Crippen LogP contribution in [0.25, 0.3) is 0 Å². The molecule has 0 amide bonds. The molecule has 108 valence electrons. The third-order valence-electron chi connectivity index (χ3n) is 2.54. The zero-order valence-electron chi connectivity index (χ0n) is 11.1. The Kier molecular flexibility index (Phi) is 5.37. The van der Waals surface area contributed by atoms with Crippen LogP contribution < -0.4 is 4.72 Å². The Hall–Kier alpha value is -0.630. The lowest BCUT2D eigenvalue weighted by atomic mass is 10.1. The predicted molar refractivity (Wildman–Crippen MR) is 75.3 cm³/mol. The Morgan fingerprint density at radius 2 is 2.11 bits per heavy atom. The van der Waals surface area contributed by atoms with Crippen molar-refractivity contribution in [1.82, 2.24) is 4.72 Å². The number of nitrogens with one attached hydrogen (secondary N) is 1. The van der Waals surface area contributed by atoms with Crippen molar-refractivity contribution in [1.29, 1.82) is 0 Å². The minimum Gasteiger partial charge on any atom is -0.388 e. The van der Waals surface area contributed by atoms with Crippen molar-refractivity contribution in [3.63, 3.8) is 0 Å². The minimum absolute atomic E-state index is 0.104. The van der Waals surface area contributed by atoms with Crippen LogP contribution in [0.5, 0.6) is 0 Å². The van der Waals surface area contributed by atoms with Gasteiger partial charge in [-0.3, -0.25) is 0 Å². The summed E-state index contributed by atoms with van der Waals surface area (Å²) in [4.78, 5) is -0.104. The topological polar surface area (TPSA) is 66.4 Å². The van der Waals surface area contributed by atoms with Crippen LogP contribution in [0.15, 0.2) is 23.1 Å². The lowest BCUT2D eigenvalue weighted by Crippen LogP contribution is -2.42. The van der Waals surface area contributed by atoms with E-state index in [2.05, 4.69) is 4.72 Å². The summed E-state index contributed by atoms with van der Waals surface area (Å²) in [6.45, 7) is 3.02. The molecule has 2 N–H and O–H groups in total. The molecule has 0 spiro atoms. The van der Waals surface area contributed by atoms with Gasteiger partial charge < -0.3 is 5.11 Å². The number of rotatable bonds is 6. The molecule has 1 atom stereocenters. The van der Waals surface area contributed by atoms with Crippen LogP contribution in [0.2, 0.25) is 0 Å². The van der Waals surface area contributed by atoms with Gasteiger partial charge in [0.25, 0.3) is 0 Å². The standard InChI is InChI=1S/C12H18FNO3S2/c1-9-4-5-10(13)6-11(9)19(16,17)14-7-12(2,15)8-18-3/h4-6,14-15H,7-8H2,1-3H3. The Bertz CT molecular complexity index is 544. The molecule has 0 fully saturated rings. The molecule has 1 aromatic carbocycles. The Balaban J connectivity index is 2.90. The molecule has 1 aromatic rings. The van der Waals surface area contributed by atoms with Gasteiger partial charge in [0.2, 0.25) is 10.0 Å². The van der Waals surface area contributed by atoms with Gasteiger partial charge in [0, 0.05) is 12.3 Å². The van der Waals surface area contributed by atoms with Crippen molar-refractivity contribution in [3.8, 4) is 0 Å². The second kappa shape index (κ2) is 6.21. The van der Waals surface area contributed by atoms with Crippen LogP contribution >= 0.6 is 11.8 Å². The smallest absolute Gasteiger partial charge is 0.241 e. The highest BCUT2D eigenvalue weighted by Crippen LogP contribution is 2.17. The summed E-state index contributed by atoms with van der Waals surface area (Å²) in [7, 11) is -3.82. The summed E-state index contributed by atoms with van der Waals surface area (Å²) in [5, 5.41) is 9.93. The van der Waals surface area contributed by atoms with Crippen LogP contribution in [-0.4, -0.2) is 37.7 Å². The normalized spacial score (nSPS) is 15.2. The van der Waals surface area contributed by atoms with E-state index in [9.17, 15) is 17.9 Å². The summed E-state index contributed by atoms with van der Waals surface area (Å²) in [5.41, 5.74) is -0.688. The number of hydrogen-bond acceptors (Lipinski definition) is 4. The Morgan fingerprint density at radius 1 is 1.47 bits per heavy atom. The van der Waals surface area contributed by atoms with Crippen molar-refractivity contribution in [2.45, 2.75) is 24.3 Å². The van der Waals surface area contributed by atoms with Gasteiger partial charge in [-0.2, -0.15) is 11.8 Å². The van der Waals surface area contributed by atoms with Gasteiger partial charge in [-0.1, -0.05) is 6.07 Å². The maximum absolute atomic E-state index is 13.1. The fourth-order valence-electron chi connectivity index (χ4n) is 1.55. The van der Waals surface area contributed by atoms with Gasteiger partial charge in [-0.15, -0.1) is 0 Å². The average Bonchev–Trinajstić information content (AvgIpc) is 2.30. The van der Waals surface area contributed by atoms with Crippen molar-refractivity contribution < 1.29 is 17.9 Å². The van der Waals surface area contributed by atoms with Gasteiger partial charge in [0.1, 0.15) is 5.82 Å². The Labute approximate surface area is 117 Å². The van der Waals surface area contributed by atoms with Crippen LogP contribution in [0.4, 0.5) is 4.39 Å². The van der Waals surface area contributed by atoms with Gasteiger partial charge in [0.15, 0.2) is 0 Å². The van der Waals surface area contributed by atoms with E-state index in [0.717, 1.165) is 6.07 Å². The van der Waals surface area contributed by atoms with E-state index in [4.69, 9.17) is 0 Å². The third kappa shape index (κ3) is 4.76. The van der Waals surface area contributed by atoms with Crippen molar-refractivity contribution >= 4 is 21.8 Å². The van der Waals surface area contributed by atoms with Crippen LogP contribution in [0.3, 0.4) is 0 Å². The maximum Gasteiger partial charge on any atom is 0.241 e. The quantitative estimate of drug-likeness (QED) is 0.836. The van der Waals surface area contributed by atoms with E-state index in [1.54, 1.807) is 13.8 Å². The molecule has 19 heavy (non-hydrogen) atoms. The first-order valence-electron chi connectivity index (χ1n) is 5.65. The third-order valence-corrected chi connectivity index (χ3v) is 4.99. The molecule has 0 aliphatic rings. The molecule has 0 heterocycles. The summed E-state index contributed by atoms with van der Waals surface area (Å²) >= 11 is 1.42. The number of sulfonamides is 1. The zero-order valence-corrected chi connectivity index (χ0v) is 12.7. The monoisotopic (exact) mass is 307 g/mol. The molecular formula is C12H18FNO3S2. The largest absolute Gasteiger partial charge is 0.388 e. The molecule has 1 unspecified atom stereocenters. The van der Waals surface area contributed by atoms with Gasteiger partial charge in [0.05, 0.1) is 10.5 Å². The first-order chi connectivity index (χ1) is 8.68. The lowest BCUT2D eigenvalue weighted by Gasteiger charge is -2.22. The minimum atomic E-state index is -3.82. The zero-order chi connectivity index (χ0) is 14.7. The molecule has 0 bridgehead atoms. The molecule has 0 radical (unpaired) electrons. The number of thioether (sulfide) groups is 1. The van der Waals surface area contributed by atoms with E-state index in [1.807, 2.05) is 6.26 Å². The van der Waals surface area contributed by atoms with Crippen molar-refractivity contribution in [3.05, 3.63) is 29.6 Å². The van der Waals surface area contributed by atoms with Crippen LogP contribution in [0.1, 0.15) is 12.5 Å². The number of aryl methyl sites for hydroxylation is 1. The van der Waals surface area contributed by atoms with E-state index < -0.39 is 21.4 Å². The summed E-state index contributed by atoms with van der Waals surface area (Å²) < 4.78 is 39.6. The molecule has 0 saturated carbocycles. The molecule has 1 rings (SSSR count). The fourth-order valence-corrected chi connectivity index (χ4v) is 3.69. The molecule has 4 nitrogen and oxygen atoms in total. The SMILES string of the molecule is CSCC(C)(O)CNS(=O)(=O)c1cc(F)ccc1C. The second-order valence-electron chi connectivity index (χ2n) is 4.66. The summed E-state index contributed by atoms with van der Waals surface area (Å²) in [5.74, 6) is -0.209. The molecule has 0 aliphatic heterocycles. The predicted octanol–water partition coefficient (Wildman–Crippen LogP) is 1.53.